The van der Waals surface area contributed by atoms with E-state index in [0.717, 1.165) is 5.69 Å². The van der Waals surface area contributed by atoms with E-state index in [4.69, 9.17) is 16.7 Å². The fourth-order valence-corrected chi connectivity index (χ4v) is 2.94. The second-order valence-corrected chi connectivity index (χ2v) is 5.97. The molecule has 0 saturated heterocycles. The summed E-state index contributed by atoms with van der Waals surface area (Å²) in [6.45, 7) is 1.95. The zero-order valence-corrected chi connectivity index (χ0v) is 14.1. The normalized spacial score (nSPS) is 12.2. The summed E-state index contributed by atoms with van der Waals surface area (Å²) in [4.78, 5) is 28.4. The van der Waals surface area contributed by atoms with Crippen molar-refractivity contribution in [2.24, 2.45) is 0 Å². The molecule has 3 N–H and O–H groups in total. The summed E-state index contributed by atoms with van der Waals surface area (Å²) in [6.07, 6.45) is 0.959. The number of H-pyrrole nitrogens is 1. The minimum Gasteiger partial charge on any atom is -0.465 e. The number of aromatic nitrogens is 4. The van der Waals surface area contributed by atoms with Crippen LogP contribution in [0.1, 0.15) is 24.5 Å². The Morgan fingerprint density at radius 3 is 2.92 bits per heavy atom. The molecular formula is C16H16ClN5O3. The van der Waals surface area contributed by atoms with Crippen LogP contribution in [0.3, 0.4) is 0 Å². The summed E-state index contributed by atoms with van der Waals surface area (Å²) in [6, 6.07) is 6.16. The van der Waals surface area contributed by atoms with Crippen molar-refractivity contribution in [3.63, 3.8) is 0 Å². The van der Waals surface area contributed by atoms with Gasteiger partial charge in [-0.05, 0) is 25.1 Å². The van der Waals surface area contributed by atoms with Crippen LogP contribution in [0, 0.1) is 0 Å². The highest BCUT2D eigenvalue weighted by atomic mass is 35.5. The van der Waals surface area contributed by atoms with Crippen LogP contribution in [0.15, 0.2) is 35.3 Å². The number of amides is 1. The number of rotatable bonds is 5. The van der Waals surface area contributed by atoms with Crippen molar-refractivity contribution < 1.29 is 9.90 Å². The monoisotopic (exact) mass is 361 g/mol. The van der Waals surface area contributed by atoms with Gasteiger partial charge in [0.05, 0.1) is 22.0 Å². The number of aromatic amines is 1. The van der Waals surface area contributed by atoms with Crippen LogP contribution >= 0.6 is 11.6 Å². The molecule has 0 fully saturated rings. The Morgan fingerprint density at radius 1 is 1.44 bits per heavy atom. The number of aryl methyl sites for hydroxylation is 1. The first-order valence-electron chi connectivity index (χ1n) is 7.64. The summed E-state index contributed by atoms with van der Waals surface area (Å²) in [5.41, 5.74) is 0.990. The van der Waals surface area contributed by atoms with Gasteiger partial charge < -0.3 is 10.4 Å². The van der Waals surface area contributed by atoms with Crippen molar-refractivity contribution in [3.8, 4) is 0 Å². The third-order valence-electron chi connectivity index (χ3n) is 3.85. The molecule has 0 radical (unpaired) electrons. The Hall–Kier alpha value is -2.87. The van der Waals surface area contributed by atoms with Crippen LogP contribution in [0.2, 0.25) is 5.02 Å². The molecule has 130 valence electrons. The molecule has 9 heteroatoms. The minimum atomic E-state index is -1.19. The Kier molecular flexibility index (Phi) is 4.71. The summed E-state index contributed by atoms with van der Waals surface area (Å²) in [7, 11) is 0. The molecule has 0 bridgehead atoms. The molecule has 3 aromatic rings. The van der Waals surface area contributed by atoms with Crippen LogP contribution in [0.4, 0.5) is 4.79 Å². The van der Waals surface area contributed by atoms with E-state index >= 15 is 0 Å². The molecule has 1 aromatic carbocycles. The molecule has 0 aliphatic rings. The predicted molar refractivity (Wildman–Crippen MR) is 92.9 cm³/mol. The van der Waals surface area contributed by atoms with Gasteiger partial charge in [-0.25, -0.2) is 9.78 Å². The van der Waals surface area contributed by atoms with Crippen molar-refractivity contribution in [1.29, 1.82) is 0 Å². The molecule has 3 rings (SSSR count). The number of hydrogen-bond donors (Lipinski definition) is 3. The lowest BCUT2D eigenvalue weighted by Gasteiger charge is -2.18. The third kappa shape index (κ3) is 3.48. The van der Waals surface area contributed by atoms with Crippen molar-refractivity contribution in [2.75, 3.05) is 0 Å². The van der Waals surface area contributed by atoms with Gasteiger partial charge >= 0.3 is 6.09 Å². The highest BCUT2D eigenvalue weighted by Gasteiger charge is 2.19. The maximum absolute atomic E-state index is 13.0. The van der Waals surface area contributed by atoms with Crippen LogP contribution in [0.25, 0.3) is 10.9 Å². The Bertz CT molecular complexity index is 968. The number of fused-ring (bicyclic) bond motifs is 1. The molecule has 0 aliphatic heterocycles. The van der Waals surface area contributed by atoms with Gasteiger partial charge in [0.1, 0.15) is 5.82 Å². The topological polar surface area (TPSA) is 113 Å². The molecule has 1 atom stereocenters. The highest BCUT2D eigenvalue weighted by molar-refractivity contribution is 6.35. The number of nitrogens with one attached hydrogen (secondary N) is 2. The van der Waals surface area contributed by atoms with E-state index in [1.54, 1.807) is 31.3 Å². The maximum Gasteiger partial charge on any atom is 0.405 e. The SMILES string of the molecule is CC(NC(=O)O)c1nc2cccc(Cl)c2c(=O)n1CCc1ccn[nH]1. The third-order valence-corrected chi connectivity index (χ3v) is 4.17. The molecule has 25 heavy (non-hydrogen) atoms. The number of hydrogen-bond acceptors (Lipinski definition) is 4. The summed E-state index contributed by atoms with van der Waals surface area (Å²) in [5, 5.41) is 18.7. The average Bonchev–Trinajstić information content (AvgIpc) is 3.06. The second-order valence-electron chi connectivity index (χ2n) is 5.56. The van der Waals surface area contributed by atoms with Crippen molar-refractivity contribution in [1.82, 2.24) is 25.1 Å². The quantitative estimate of drug-likeness (QED) is 0.645. The lowest BCUT2D eigenvalue weighted by Crippen LogP contribution is -2.33. The van der Waals surface area contributed by atoms with E-state index in [1.165, 1.54) is 4.57 Å². The van der Waals surface area contributed by atoms with Crippen LogP contribution < -0.4 is 10.9 Å². The first kappa shape index (κ1) is 17.0. The molecule has 8 nitrogen and oxygen atoms in total. The zero-order chi connectivity index (χ0) is 18.0. The molecule has 0 aliphatic carbocycles. The fraction of sp³-hybridized carbons (Fsp3) is 0.250. The van der Waals surface area contributed by atoms with Crippen LogP contribution in [0.5, 0.6) is 0 Å². The van der Waals surface area contributed by atoms with Gasteiger partial charge in [-0.2, -0.15) is 5.10 Å². The van der Waals surface area contributed by atoms with Crippen molar-refractivity contribution in [3.05, 3.63) is 57.4 Å². The number of nitrogens with zero attached hydrogens (tertiary/aromatic N) is 3. The zero-order valence-electron chi connectivity index (χ0n) is 13.4. The smallest absolute Gasteiger partial charge is 0.405 e. The van der Waals surface area contributed by atoms with E-state index in [1.807, 2.05) is 6.07 Å². The van der Waals surface area contributed by atoms with Gasteiger partial charge in [0.15, 0.2) is 0 Å². The number of benzene rings is 1. The average molecular weight is 362 g/mol. The summed E-state index contributed by atoms with van der Waals surface area (Å²) >= 11 is 6.17. The maximum atomic E-state index is 13.0. The minimum absolute atomic E-state index is 0.302. The van der Waals surface area contributed by atoms with Crippen molar-refractivity contribution in [2.45, 2.75) is 25.9 Å². The lowest BCUT2D eigenvalue weighted by molar-refractivity contribution is 0.190. The Labute approximate surface area is 147 Å². The summed E-state index contributed by atoms with van der Waals surface area (Å²) < 4.78 is 1.45. The highest BCUT2D eigenvalue weighted by Crippen LogP contribution is 2.21. The van der Waals surface area contributed by atoms with Gasteiger partial charge in [0.25, 0.3) is 5.56 Å². The molecule has 2 aromatic heterocycles. The molecule has 0 spiro atoms. The summed E-state index contributed by atoms with van der Waals surface area (Å²) in [5.74, 6) is 0.335. The predicted octanol–water partition coefficient (Wildman–Crippen LogP) is 2.34. The van der Waals surface area contributed by atoms with E-state index in [2.05, 4.69) is 20.5 Å². The van der Waals surface area contributed by atoms with Crippen LogP contribution in [-0.4, -0.2) is 30.9 Å². The Morgan fingerprint density at radius 2 is 2.24 bits per heavy atom. The first-order chi connectivity index (χ1) is 12.0. The molecule has 2 heterocycles. The van der Waals surface area contributed by atoms with Gasteiger partial charge in [-0.3, -0.25) is 14.5 Å². The van der Waals surface area contributed by atoms with E-state index < -0.39 is 12.1 Å². The molecule has 1 amide bonds. The second kappa shape index (κ2) is 6.94. The largest absolute Gasteiger partial charge is 0.465 e. The van der Waals surface area contributed by atoms with Gasteiger partial charge in [-0.15, -0.1) is 0 Å². The van der Waals surface area contributed by atoms with Gasteiger partial charge in [0, 0.05) is 24.9 Å². The van der Waals surface area contributed by atoms with Gasteiger partial charge in [-0.1, -0.05) is 17.7 Å². The fourth-order valence-electron chi connectivity index (χ4n) is 2.69. The number of halogens is 1. The Balaban J connectivity index is 2.12. The standard InChI is InChI=1S/C16H16ClN5O3/c1-9(19-16(24)25)14-20-12-4-2-3-11(17)13(12)15(23)22(14)8-6-10-5-7-18-21-10/h2-5,7,9,19H,6,8H2,1H3,(H,18,21)(H,24,25). The number of carbonyl (C=O) groups is 1. The molecule has 1 unspecified atom stereocenters. The van der Waals surface area contributed by atoms with Crippen molar-refractivity contribution >= 4 is 28.6 Å². The first-order valence-corrected chi connectivity index (χ1v) is 8.02. The van der Waals surface area contributed by atoms with Gasteiger partial charge in [0.2, 0.25) is 0 Å². The number of carboxylic acid groups (broad SMARTS) is 1. The molecule has 0 saturated carbocycles. The van der Waals surface area contributed by atoms with Crippen LogP contribution in [-0.2, 0) is 13.0 Å². The van der Waals surface area contributed by atoms with E-state index in [-0.39, 0.29) is 5.56 Å². The van der Waals surface area contributed by atoms with E-state index in [0.29, 0.717) is 34.7 Å². The molecular weight excluding hydrogens is 346 g/mol. The van der Waals surface area contributed by atoms with E-state index in [9.17, 15) is 9.59 Å². The lowest BCUT2D eigenvalue weighted by atomic mass is 10.2.